The maximum atomic E-state index is 12.1. The summed E-state index contributed by atoms with van der Waals surface area (Å²) in [7, 11) is 1.58. The Labute approximate surface area is 175 Å². The lowest BCUT2D eigenvalue weighted by Crippen LogP contribution is -2.28. The highest BCUT2D eigenvalue weighted by Crippen LogP contribution is 2.14. The minimum Gasteiger partial charge on any atom is -0.497 e. The summed E-state index contributed by atoms with van der Waals surface area (Å²) in [6.45, 7) is 5.20. The number of amides is 2. The number of rotatable bonds is 7. The SMILES string of the molecule is COc1ccc(CNC(=O)COC(=O)c2ccc(NC(=O)OC(C)(C)C)cc2)cc1. The topological polar surface area (TPSA) is 103 Å². The van der Waals surface area contributed by atoms with Crippen LogP contribution in [-0.2, 0) is 20.8 Å². The summed E-state index contributed by atoms with van der Waals surface area (Å²) in [5.74, 6) is -0.327. The van der Waals surface area contributed by atoms with Crippen LogP contribution in [0, 0.1) is 0 Å². The van der Waals surface area contributed by atoms with Crippen molar-refractivity contribution in [3.8, 4) is 5.75 Å². The largest absolute Gasteiger partial charge is 0.497 e. The van der Waals surface area contributed by atoms with Gasteiger partial charge in [0.1, 0.15) is 11.4 Å². The average Bonchev–Trinajstić information content (AvgIpc) is 2.70. The molecule has 2 aromatic carbocycles. The van der Waals surface area contributed by atoms with E-state index in [0.717, 1.165) is 11.3 Å². The van der Waals surface area contributed by atoms with E-state index in [9.17, 15) is 14.4 Å². The molecule has 0 unspecified atom stereocenters. The molecule has 0 radical (unpaired) electrons. The molecule has 2 aromatic rings. The predicted octanol–water partition coefficient (Wildman–Crippen LogP) is 3.52. The smallest absolute Gasteiger partial charge is 0.412 e. The number of carbonyl (C=O) groups excluding carboxylic acids is 3. The molecule has 0 fully saturated rings. The third-order valence-electron chi connectivity index (χ3n) is 3.75. The van der Waals surface area contributed by atoms with Crippen molar-refractivity contribution in [1.82, 2.24) is 5.32 Å². The molecule has 0 aliphatic rings. The highest BCUT2D eigenvalue weighted by Gasteiger charge is 2.16. The highest BCUT2D eigenvalue weighted by molar-refractivity contribution is 5.92. The number of methoxy groups -OCH3 is 1. The van der Waals surface area contributed by atoms with Gasteiger partial charge in [-0.3, -0.25) is 10.1 Å². The highest BCUT2D eigenvalue weighted by atomic mass is 16.6. The zero-order valence-corrected chi connectivity index (χ0v) is 17.5. The van der Waals surface area contributed by atoms with Gasteiger partial charge in [-0.1, -0.05) is 12.1 Å². The van der Waals surface area contributed by atoms with Gasteiger partial charge in [-0.05, 0) is 62.7 Å². The van der Waals surface area contributed by atoms with Crippen LogP contribution in [0.1, 0.15) is 36.7 Å². The zero-order chi connectivity index (χ0) is 22.1. The van der Waals surface area contributed by atoms with E-state index >= 15 is 0 Å². The van der Waals surface area contributed by atoms with Crippen molar-refractivity contribution in [2.24, 2.45) is 0 Å². The molecule has 2 rings (SSSR count). The van der Waals surface area contributed by atoms with Gasteiger partial charge in [-0.15, -0.1) is 0 Å². The van der Waals surface area contributed by atoms with Gasteiger partial charge in [0.05, 0.1) is 12.7 Å². The first-order chi connectivity index (χ1) is 14.2. The Hall–Kier alpha value is -3.55. The number of benzene rings is 2. The Bertz CT molecular complexity index is 870. The summed E-state index contributed by atoms with van der Waals surface area (Å²) in [5.41, 5.74) is 1.01. The number of anilines is 1. The second kappa shape index (κ2) is 10.3. The summed E-state index contributed by atoms with van der Waals surface area (Å²) >= 11 is 0. The molecule has 0 aromatic heterocycles. The third-order valence-corrected chi connectivity index (χ3v) is 3.75. The van der Waals surface area contributed by atoms with Crippen LogP contribution in [0.25, 0.3) is 0 Å². The van der Waals surface area contributed by atoms with E-state index in [1.165, 1.54) is 12.1 Å². The summed E-state index contributed by atoms with van der Waals surface area (Å²) in [4.78, 5) is 35.7. The number of esters is 1. The predicted molar refractivity (Wildman–Crippen MR) is 111 cm³/mol. The molecule has 0 atom stereocenters. The molecular formula is C22H26N2O6. The van der Waals surface area contributed by atoms with Gasteiger partial charge in [-0.25, -0.2) is 9.59 Å². The number of carbonyl (C=O) groups is 3. The molecular weight excluding hydrogens is 388 g/mol. The van der Waals surface area contributed by atoms with Crippen LogP contribution in [0.5, 0.6) is 5.75 Å². The average molecular weight is 414 g/mol. The van der Waals surface area contributed by atoms with Crippen molar-refractivity contribution in [2.45, 2.75) is 32.9 Å². The van der Waals surface area contributed by atoms with Crippen LogP contribution >= 0.6 is 0 Å². The molecule has 160 valence electrons. The van der Waals surface area contributed by atoms with E-state index < -0.39 is 30.2 Å². The van der Waals surface area contributed by atoms with Crippen LogP contribution in [0.15, 0.2) is 48.5 Å². The van der Waals surface area contributed by atoms with E-state index in [0.29, 0.717) is 12.2 Å². The van der Waals surface area contributed by atoms with Crippen molar-refractivity contribution in [1.29, 1.82) is 0 Å². The first kappa shape index (κ1) is 22.7. The lowest BCUT2D eigenvalue weighted by atomic mass is 10.2. The molecule has 30 heavy (non-hydrogen) atoms. The first-order valence-electron chi connectivity index (χ1n) is 9.33. The van der Waals surface area contributed by atoms with Crippen molar-refractivity contribution in [3.05, 3.63) is 59.7 Å². The van der Waals surface area contributed by atoms with Crippen LogP contribution in [0.4, 0.5) is 10.5 Å². The number of hydrogen-bond acceptors (Lipinski definition) is 6. The fraction of sp³-hybridized carbons (Fsp3) is 0.318. The molecule has 0 heterocycles. The molecule has 8 heteroatoms. The van der Waals surface area contributed by atoms with Gasteiger partial charge >= 0.3 is 12.1 Å². The van der Waals surface area contributed by atoms with Crippen LogP contribution in [0.2, 0.25) is 0 Å². The maximum Gasteiger partial charge on any atom is 0.412 e. The Kier molecular flexibility index (Phi) is 7.80. The quantitative estimate of drug-likeness (QED) is 0.672. The monoisotopic (exact) mass is 414 g/mol. The van der Waals surface area contributed by atoms with E-state index in [-0.39, 0.29) is 5.56 Å². The van der Waals surface area contributed by atoms with Crippen molar-refractivity contribution in [3.63, 3.8) is 0 Å². The molecule has 0 bridgehead atoms. The third kappa shape index (κ3) is 7.83. The fourth-order valence-electron chi connectivity index (χ4n) is 2.32. The van der Waals surface area contributed by atoms with Crippen LogP contribution in [0.3, 0.4) is 0 Å². The van der Waals surface area contributed by atoms with Gasteiger partial charge in [0, 0.05) is 12.2 Å². The van der Waals surface area contributed by atoms with Crippen molar-refractivity contribution >= 4 is 23.7 Å². The summed E-state index contributed by atoms with van der Waals surface area (Å²) in [5, 5.41) is 5.24. The fourth-order valence-corrected chi connectivity index (χ4v) is 2.32. The Morgan fingerprint density at radius 1 is 0.933 bits per heavy atom. The minimum absolute atomic E-state index is 0.257. The Morgan fingerprint density at radius 2 is 1.57 bits per heavy atom. The van der Waals surface area contributed by atoms with Gasteiger partial charge in [0.25, 0.3) is 5.91 Å². The van der Waals surface area contributed by atoms with E-state index in [1.54, 1.807) is 52.1 Å². The van der Waals surface area contributed by atoms with Crippen molar-refractivity contribution in [2.75, 3.05) is 19.0 Å². The molecule has 0 spiro atoms. The lowest BCUT2D eigenvalue weighted by Gasteiger charge is -2.19. The van der Waals surface area contributed by atoms with Crippen molar-refractivity contribution < 1.29 is 28.6 Å². The minimum atomic E-state index is -0.640. The number of hydrogen-bond donors (Lipinski definition) is 2. The molecule has 0 aliphatic heterocycles. The van der Waals surface area contributed by atoms with E-state index in [4.69, 9.17) is 14.2 Å². The molecule has 0 saturated heterocycles. The second-order valence-electron chi connectivity index (χ2n) is 7.41. The molecule has 2 amide bonds. The second-order valence-corrected chi connectivity index (χ2v) is 7.41. The molecule has 0 aliphatic carbocycles. The first-order valence-corrected chi connectivity index (χ1v) is 9.33. The summed E-state index contributed by atoms with van der Waals surface area (Å²) in [6.07, 6.45) is -0.591. The number of ether oxygens (including phenoxy) is 3. The molecule has 0 saturated carbocycles. The number of nitrogens with one attached hydrogen (secondary N) is 2. The van der Waals surface area contributed by atoms with Gasteiger partial charge in [0.15, 0.2) is 6.61 Å². The molecule has 8 nitrogen and oxygen atoms in total. The lowest BCUT2D eigenvalue weighted by molar-refractivity contribution is -0.124. The normalized spacial score (nSPS) is 10.7. The maximum absolute atomic E-state index is 12.1. The van der Waals surface area contributed by atoms with Gasteiger partial charge in [-0.2, -0.15) is 0 Å². The van der Waals surface area contributed by atoms with Gasteiger partial charge in [0.2, 0.25) is 0 Å². The van der Waals surface area contributed by atoms with Gasteiger partial charge < -0.3 is 19.5 Å². The summed E-state index contributed by atoms with van der Waals surface area (Å²) in [6, 6.07) is 13.3. The Morgan fingerprint density at radius 3 is 2.13 bits per heavy atom. The zero-order valence-electron chi connectivity index (χ0n) is 17.5. The van der Waals surface area contributed by atoms with E-state index in [2.05, 4.69) is 10.6 Å². The van der Waals surface area contributed by atoms with Crippen LogP contribution in [-0.4, -0.2) is 37.3 Å². The standard InChI is InChI=1S/C22H26N2O6/c1-22(2,3)30-21(27)24-17-9-7-16(8-10-17)20(26)29-14-19(25)23-13-15-5-11-18(28-4)12-6-15/h5-12H,13-14H2,1-4H3,(H,23,25)(H,24,27). The Balaban J connectivity index is 1.77. The van der Waals surface area contributed by atoms with Crippen LogP contribution < -0.4 is 15.4 Å². The summed E-state index contributed by atoms with van der Waals surface area (Å²) < 4.78 is 15.3. The van der Waals surface area contributed by atoms with E-state index in [1.807, 2.05) is 12.1 Å². The molecule has 2 N–H and O–H groups in total.